The lowest BCUT2D eigenvalue weighted by Crippen LogP contribution is -2.22. The van der Waals surface area contributed by atoms with E-state index in [1.54, 1.807) is 0 Å². The second-order valence-electron chi connectivity index (χ2n) is 3.72. The van der Waals surface area contributed by atoms with Crippen LogP contribution in [-0.2, 0) is 12.7 Å². The fourth-order valence-electron chi connectivity index (χ4n) is 1.40. The van der Waals surface area contributed by atoms with Gasteiger partial charge in [0, 0.05) is 18.9 Å². The molecule has 0 aliphatic rings. The third kappa shape index (κ3) is 3.30. The van der Waals surface area contributed by atoms with Crippen molar-refractivity contribution in [2.75, 3.05) is 0 Å². The average molecular weight is 270 g/mol. The number of halogens is 3. The largest absolute Gasteiger partial charge is 0.433 e. The van der Waals surface area contributed by atoms with Gasteiger partial charge < -0.3 is 5.32 Å². The molecule has 0 unspecified atom stereocenters. The first-order chi connectivity index (χ1) is 8.97. The van der Waals surface area contributed by atoms with Crippen LogP contribution in [0.1, 0.15) is 21.6 Å². The number of hydrogen-bond acceptors (Lipinski definition) is 3. The molecule has 0 fully saturated rings. The zero-order valence-electron chi connectivity index (χ0n) is 9.53. The average Bonchev–Trinajstić information content (AvgIpc) is 2.89. The van der Waals surface area contributed by atoms with E-state index in [1.165, 1.54) is 18.5 Å². The first-order valence-electron chi connectivity index (χ1n) is 5.26. The summed E-state index contributed by atoms with van der Waals surface area (Å²) in [5, 5.41) is 8.55. The minimum Gasteiger partial charge on any atom is -0.348 e. The van der Waals surface area contributed by atoms with Gasteiger partial charge >= 0.3 is 6.18 Å². The summed E-state index contributed by atoms with van der Waals surface area (Å²) in [6, 6.07) is 2.31. The monoisotopic (exact) mass is 270 g/mol. The summed E-state index contributed by atoms with van der Waals surface area (Å²) in [4.78, 5) is 14.8. The third-order valence-corrected chi connectivity index (χ3v) is 2.33. The second-order valence-corrected chi connectivity index (χ2v) is 3.72. The van der Waals surface area contributed by atoms with E-state index in [0.717, 1.165) is 12.3 Å². The zero-order chi connectivity index (χ0) is 13.9. The normalized spacial score (nSPS) is 11.3. The number of rotatable bonds is 3. The maximum Gasteiger partial charge on any atom is 0.433 e. The Morgan fingerprint density at radius 1 is 1.42 bits per heavy atom. The summed E-state index contributed by atoms with van der Waals surface area (Å²) in [6.07, 6.45) is -0.723. The van der Waals surface area contributed by atoms with Crippen molar-refractivity contribution in [3.63, 3.8) is 0 Å². The van der Waals surface area contributed by atoms with Crippen molar-refractivity contribution in [3.8, 4) is 0 Å². The topological polar surface area (TPSA) is 70.7 Å². The lowest BCUT2D eigenvalue weighted by Gasteiger charge is -2.08. The van der Waals surface area contributed by atoms with Crippen LogP contribution < -0.4 is 5.32 Å². The molecule has 2 aromatic heterocycles. The first kappa shape index (κ1) is 13.1. The van der Waals surface area contributed by atoms with Crippen molar-refractivity contribution >= 4 is 5.91 Å². The Labute approximate surface area is 105 Å². The predicted octanol–water partition coefficient (Wildman–Crippen LogP) is 1.75. The highest BCUT2D eigenvalue weighted by molar-refractivity contribution is 5.93. The molecule has 0 bridgehead atoms. The summed E-state index contributed by atoms with van der Waals surface area (Å²) in [5.74, 6) is -0.417. The van der Waals surface area contributed by atoms with Gasteiger partial charge in [-0.25, -0.2) is 0 Å². The Morgan fingerprint density at radius 3 is 2.84 bits per heavy atom. The Morgan fingerprint density at radius 2 is 2.21 bits per heavy atom. The molecule has 0 saturated heterocycles. The molecule has 5 nitrogen and oxygen atoms in total. The lowest BCUT2D eigenvalue weighted by atomic mass is 10.2. The molecule has 0 aliphatic heterocycles. The number of aromatic amines is 1. The molecule has 0 spiro atoms. The van der Waals surface area contributed by atoms with Gasteiger partial charge in [0.25, 0.3) is 5.91 Å². The van der Waals surface area contributed by atoms with Gasteiger partial charge in [-0.1, -0.05) is 0 Å². The molecule has 8 heteroatoms. The molecule has 0 saturated carbocycles. The van der Waals surface area contributed by atoms with Gasteiger partial charge in [0.05, 0.1) is 11.8 Å². The maximum absolute atomic E-state index is 12.4. The standard InChI is InChI=1S/C11H9F3N4O/c12-11(13,14)9-3-7(1-2-15-9)4-16-10(19)8-5-17-18-6-8/h1-3,5-6H,4H2,(H,16,19)(H,17,18). The molecule has 2 rings (SSSR count). The van der Waals surface area contributed by atoms with Crippen LogP contribution in [0.25, 0.3) is 0 Å². The number of pyridine rings is 1. The van der Waals surface area contributed by atoms with Gasteiger partial charge in [-0.05, 0) is 17.7 Å². The molecular formula is C11H9F3N4O. The molecule has 0 atom stereocenters. The first-order valence-corrected chi connectivity index (χ1v) is 5.26. The smallest absolute Gasteiger partial charge is 0.348 e. The van der Waals surface area contributed by atoms with E-state index in [4.69, 9.17) is 0 Å². The van der Waals surface area contributed by atoms with Crippen molar-refractivity contribution < 1.29 is 18.0 Å². The fourth-order valence-corrected chi connectivity index (χ4v) is 1.40. The summed E-state index contributed by atoms with van der Waals surface area (Å²) in [7, 11) is 0. The zero-order valence-corrected chi connectivity index (χ0v) is 9.53. The molecule has 2 N–H and O–H groups in total. The SMILES string of the molecule is O=C(NCc1ccnc(C(F)(F)F)c1)c1cn[nH]c1. The molecule has 0 radical (unpaired) electrons. The van der Waals surface area contributed by atoms with Crippen LogP contribution >= 0.6 is 0 Å². The third-order valence-electron chi connectivity index (χ3n) is 2.33. The number of H-pyrrole nitrogens is 1. The Balaban J connectivity index is 2.02. The molecule has 0 aromatic carbocycles. The van der Waals surface area contributed by atoms with Gasteiger partial charge in [-0.2, -0.15) is 18.3 Å². The van der Waals surface area contributed by atoms with Crippen molar-refractivity contribution in [3.05, 3.63) is 47.5 Å². The van der Waals surface area contributed by atoms with Gasteiger partial charge in [-0.3, -0.25) is 14.9 Å². The van der Waals surface area contributed by atoms with Crippen LogP contribution in [-0.4, -0.2) is 21.1 Å². The van der Waals surface area contributed by atoms with Crippen LogP contribution in [0.4, 0.5) is 13.2 Å². The molecule has 2 aromatic rings. The Kier molecular flexibility index (Phi) is 3.50. The summed E-state index contributed by atoms with van der Waals surface area (Å²) < 4.78 is 37.3. The molecule has 0 aliphatic carbocycles. The van der Waals surface area contributed by atoms with Crippen LogP contribution in [0.5, 0.6) is 0 Å². The number of nitrogens with one attached hydrogen (secondary N) is 2. The second kappa shape index (κ2) is 5.09. The minimum atomic E-state index is -4.50. The number of carbonyl (C=O) groups excluding carboxylic acids is 1. The van der Waals surface area contributed by atoms with Crippen LogP contribution in [0.2, 0.25) is 0 Å². The van der Waals surface area contributed by atoms with Gasteiger partial charge in [0.2, 0.25) is 0 Å². The highest BCUT2D eigenvalue weighted by Gasteiger charge is 2.32. The number of hydrogen-bond donors (Lipinski definition) is 2. The molecular weight excluding hydrogens is 261 g/mol. The molecule has 100 valence electrons. The Bertz CT molecular complexity index is 566. The number of amides is 1. The van der Waals surface area contributed by atoms with E-state index < -0.39 is 17.8 Å². The van der Waals surface area contributed by atoms with E-state index in [9.17, 15) is 18.0 Å². The fraction of sp³-hybridized carbons (Fsp3) is 0.182. The van der Waals surface area contributed by atoms with E-state index in [2.05, 4.69) is 20.5 Å². The van der Waals surface area contributed by atoms with Gasteiger partial charge in [-0.15, -0.1) is 0 Å². The van der Waals surface area contributed by atoms with Crippen molar-refractivity contribution in [2.45, 2.75) is 12.7 Å². The maximum atomic E-state index is 12.4. The van der Waals surface area contributed by atoms with E-state index >= 15 is 0 Å². The van der Waals surface area contributed by atoms with Crippen molar-refractivity contribution in [1.29, 1.82) is 0 Å². The summed E-state index contributed by atoms with van der Waals surface area (Å²) in [6.45, 7) is -0.0182. The van der Waals surface area contributed by atoms with Crippen LogP contribution in [0, 0.1) is 0 Å². The van der Waals surface area contributed by atoms with E-state index in [0.29, 0.717) is 11.1 Å². The number of nitrogens with zero attached hydrogens (tertiary/aromatic N) is 2. The summed E-state index contributed by atoms with van der Waals surface area (Å²) in [5.41, 5.74) is -0.355. The van der Waals surface area contributed by atoms with E-state index in [1.807, 2.05) is 0 Å². The number of aromatic nitrogens is 3. The lowest BCUT2D eigenvalue weighted by molar-refractivity contribution is -0.141. The van der Waals surface area contributed by atoms with Gasteiger partial charge in [0.15, 0.2) is 0 Å². The van der Waals surface area contributed by atoms with Crippen molar-refractivity contribution in [2.24, 2.45) is 0 Å². The molecule has 2 heterocycles. The highest BCUT2D eigenvalue weighted by Crippen LogP contribution is 2.27. The molecule has 1 amide bonds. The number of carbonyl (C=O) groups is 1. The quantitative estimate of drug-likeness (QED) is 0.892. The van der Waals surface area contributed by atoms with Crippen molar-refractivity contribution in [1.82, 2.24) is 20.5 Å². The number of alkyl halides is 3. The summed E-state index contributed by atoms with van der Waals surface area (Å²) >= 11 is 0. The Hall–Kier alpha value is -2.38. The van der Waals surface area contributed by atoms with Gasteiger partial charge in [0.1, 0.15) is 5.69 Å². The van der Waals surface area contributed by atoms with Crippen LogP contribution in [0.15, 0.2) is 30.7 Å². The van der Waals surface area contributed by atoms with Crippen LogP contribution in [0.3, 0.4) is 0 Å². The highest BCUT2D eigenvalue weighted by atomic mass is 19.4. The van der Waals surface area contributed by atoms with E-state index in [-0.39, 0.29) is 6.54 Å². The predicted molar refractivity (Wildman–Crippen MR) is 59.0 cm³/mol. The minimum absolute atomic E-state index is 0.0182. The molecule has 19 heavy (non-hydrogen) atoms.